The van der Waals surface area contributed by atoms with Gasteiger partial charge in [-0.25, -0.2) is 9.59 Å². The first-order chi connectivity index (χ1) is 50.2. The third-order valence-corrected chi connectivity index (χ3v) is 27.6. The fourth-order valence-corrected chi connectivity index (χ4v) is 22.7. The number of carbonyl (C=O) groups is 8. The Morgan fingerprint density at radius 1 is 0.411 bits per heavy atom. The predicted octanol–water partition coefficient (Wildman–Crippen LogP) is 4.30. The van der Waals surface area contributed by atoms with Crippen LogP contribution in [0.5, 0.6) is 11.5 Å². The summed E-state index contributed by atoms with van der Waals surface area (Å²) in [6.07, 6.45) is 2.62. The molecule has 8 saturated carbocycles. The van der Waals surface area contributed by atoms with Gasteiger partial charge in [-0.15, -0.1) is 0 Å². The zero-order chi connectivity index (χ0) is 72.3. The van der Waals surface area contributed by atoms with Gasteiger partial charge < -0.3 is 60.8 Å². The van der Waals surface area contributed by atoms with E-state index in [2.05, 4.69) is 116 Å². The molecule has 12 fully saturated rings. The molecule has 0 aromatic heterocycles. The molecule has 0 N–H and O–H groups in total. The van der Waals surface area contributed by atoms with Gasteiger partial charge in [-0.3, -0.25) is 38.8 Å². The fraction of sp³-hybridized carbons (Fsp3) is 0.413. The molecule has 32 heteroatoms. The molecule has 18 rings (SSSR count). The average Bonchev–Trinajstić information content (AvgIpc) is 1.57. The van der Waals surface area contributed by atoms with Crippen LogP contribution in [0.1, 0.15) is 58.8 Å². The number of halogens is 5. The Hall–Kier alpha value is -6.75. The Balaban J connectivity index is 0.000000135. The molecule has 4 heterocycles. The van der Waals surface area contributed by atoms with Crippen LogP contribution < -0.4 is 62.0 Å². The molecule has 8 aliphatic carbocycles. The van der Waals surface area contributed by atoms with Crippen molar-refractivity contribution in [2.24, 2.45) is 82.9 Å². The maximum absolute atomic E-state index is 13.3. The van der Waals surface area contributed by atoms with E-state index in [0.29, 0.717) is 37.2 Å². The molecule has 6 aromatic rings. The zero-order valence-electron chi connectivity index (χ0n) is 55.9. The summed E-state index contributed by atoms with van der Waals surface area (Å²) in [5, 5.41) is 16.4. The molecule has 0 spiro atoms. The van der Waals surface area contributed by atoms with E-state index < -0.39 is 70.9 Å². The summed E-state index contributed by atoms with van der Waals surface area (Å²) >= 11 is -1.48. The molecular weight excluding hydrogens is 1520 g/mol. The number of hydrogen-bond donors (Lipinski definition) is 0. The smallest absolute Gasteiger partial charge is 1.00 e. The number of ether oxygens (including phenoxy) is 8. The number of hydrogen-bond acceptors (Lipinski definition) is 24. The van der Waals surface area contributed by atoms with Crippen LogP contribution in [0.15, 0.2) is 199 Å². The molecule has 4 aliphatic heterocycles. The van der Waals surface area contributed by atoms with E-state index in [9.17, 15) is 66.4 Å². The van der Waals surface area contributed by atoms with Crippen molar-refractivity contribution in [3.8, 4) is 11.5 Å². The number of alkyl halides is 4. The standard InChI is InChI=1S/2C27H23O4S.2C10H10F2O7S.CH4.ClH.Na/c2*28-26(24-17-15-22-23(16-17)31-27(29)25(22)24)30-18-11-13-21(14-12-18)32(19-7-3-1-4-8-19)20-9-5-2-6-10-20;2*11-10(12,20-19-18-15)9(14)17-6-3-1-4-5(2-3)8(13)16-7(4)6;;;/h2*1-14,17,22-25H,15-16H2;2*3-7,15H,1-2H2;1H4;1H;/q2*+1;;;;;+1/p-3. The molecule has 20 atom stereocenters. The van der Waals surface area contributed by atoms with E-state index in [1.807, 2.05) is 72.8 Å². The van der Waals surface area contributed by atoms with Crippen LogP contribution in [0.25, 0.3) is 0 Å². The molecule has 22 nitrogen and oxygen atoms in total. The molecule has 6 aromatic carbocycles. The Labute approximate surface area is 653 Å². The summed E-state index contributed by atoms with van der Waals surface area (Å²) < 4.78 is 102. The van der Waals surface area contributed by atoms with Gasteiger partial charge in [0.15, 0.2) is 29.4 Å². The summed E-state index contributed by atoms with van der Waals surface area (Å²) in [4.78, 5) is 103. The molecule has 107 heavy (non-hydrogen) atoms. The van der Waals surface area contributed by atoms with Gasteiger partial charge in [-0.2, -0.15) is 26.2 Å². The topological polar surface area (TPSA) is 293 Å². The van der Waals surface area contributed by atoms with Crippen molar-refractivity contribution in [1.82, 2.24) is 0 Å². The van der Waals surface area contributed by atoms with Gasteiger partial charge in [0.2, 0.25) is 0 Å². The Kier molecular flexibility index (Phi) is 24.9. The molecule has 12 aliphatic rings. The first kappa shape index (κ1) is 79.8. The maximum Gasteiger partial charge on any atom is 1.00 e. The monoisotopic (exact) mass is 1580 g/mol. The van der Waals surface area contributed by atoms with Gasteiger partial charge in [0, 0.05) is 35.5 Å². The van der Waals surface area contributed by atoms with Crippen molar-refractivity contribution in [3.63, 3.8) is 0 Å². The van der Waals surface area contributed by atoms with Crippen LogP contribution in [0.2, 0.25) is 0 Å². The van der Waals surface area contributed by atoms with Crippen LogP contribution in [-0.4, -0.2) is 94.9 Å². The third-order valence-electron chi connectivity index (χ3n) is 22.1. The van der Waals surface area contributed by atoms with Crippen molar-refractivity contribution >= 4 is 93.6 Å². The van der Waals surface area contributed by atoms with Gasteiger partial charge in [-0.1, -0.05) is 80.2 Å². The second kappa shape index (κ2) is 33.4. The molecule has 0 amide bonds. The van der Waals surface area contributed by atoms with Gasteiger partial charge in [0.25, 0.3) is 0 Å². The summed E-state index contributed by atoms with van der Waals surface area (Å²) in [5.41, 5.74) is 0. The number of esters is 8. The van der Waals surface area contributed by atoms with E-state index >= 15 is 0 Å². The van der Waals surface area contributed by atoms with E-state index in [1.54, 1.807) is 0 Å². The second-order valence-corrected chi connectivity index (χ2v) is 33.2. The van der Waals surface area contributed by atoms with E-state index in [1.165, 1.54) is 19.6 Å². The Morgan fingerprint density at radius 3 is 1.04 bits per heavy atom. The van der Waals surface area contributed by atoms with Crippen molar-refractivity contribution in [3.05, 3.63) is 170 Å². The van der Waals surface area contributed by atoms with Gasteiger partial charge in [0.05, 0.1) is 57.3 Å². The van der Waals surface area contributed by atoms with Crippen LogP contribution in [0.3, 0.4) is 0 Å². The molecule has 20 unspecified atom stereocenters. The van der Waals surface area contributed by atoms with Crippen LogP contribution >= 0.6 is 24.1 Å². The quantitative estimate of drug-likeness (QED) is 0.0118. The summed E-state index contributed by atoms with van der Waals surface area (Å²) in [7, 11) is -0.494. The van der Waals surface area contributed by atoms with Gasteiger partial charge >= 0.3 is 87.8 Å². The fourth-order valence-electron chi connectivity index (χ4n) is 18.0. The average molecular weight is 1580 g/mol. The van der Waals surface area contributed by atoms with E-state index in [-0.39, 0.29) is 202 Å². The molecule has 0 radical (unpaired) electrons. The third kappa shape index (κ3) is 15.9. The van der Waals surface area contributed by atoms with Gasteiger partial charge in [-0.05, 0) is 160 Å². The van der Waals surface area contributed by atoms with Crippen LogP contribution in [0, 0.1) is 82.9 Å². The second-order valence-electron chi connectivity index (χ2n) is 27.5. The Bertz CT molecular complexity index is 3860. The first-order valence-electron chi connectivity index (χ1n) is 33.9. The molecule has 560 valence electrons. The summed E-state index contributed by atoms with van der Waals surface area (Å²) in [5.74, 6) is -5.77. The first-order valence-corrected chi connectivity index (χ1v) is 37.8. The normalized spacial score (nSPS) is 30.7. The van der Waals surface area contributed by atoms with Gasteiger partial charge in [0.1, 0.15) is 72.2 Å². The molecule has 8 bridgehead atoms. The maximum atomic E-state index is 13.3. The number of benzene rings is 6. The summed E-state index contributed by atoms with van der Waals surface area (Å²) in [6.45, 7) is 0. The minimum absolute atomic E-state index is 0. The van der Waals surface area contributed by atoms with Crippen molar-refractivity contribution in [2.75, 3.05) is 0 Å². The zero-order valence-corrected chi connectivity index (χ0v) is 61.9. The number of rotatable bonds is 20. The minimum atomic E-state index is -4.08. The van der Waals surface area contributed by atoms with E-state index in [4.69, 9.17) is 37.9 Å². The molecular formula is C75H68ClF4NaO22S4. The van der Waals surface area contributed by atoms with Crippen LogP contribution in [-0.2, 0) is 107 Å². The SMILES string of the molecule is C.O=C(Oc1ccc([S+](c2ccccc2)c2ccccc2)cc1)C1C2CC3OC(=O)C1C3C2.O=C(Oc1ccc([S+](c2ccccc2)c2ccccc2)cc1)C1C2CC3OC(=O)C1C3C2.O=C1OC2C3CC(CC13)C2OC(=O)C(F)(F)SOO[O-].O=C1OC2C3CC(CC13)C2OC(=O)C(F)(F)SOO[O-].[Cl-].[Na+]. The largest absolute Gasteiger partial charge is 1.00 e. The minimum Gasteiger partial charge on any atom is -1.00 e. The number of fused-ring (bicyclic) bond motifs is 4. The van der Waals surface area contributed by atoms with E-state index in [0.717, 1.165) is 35.5 Å². The molecule has 4 saturated heterocycles. The Morgan fingerprint density at radius 2 is 0.720 bits per heavy atom. The van der Waals surface area contributed by atoms with Crippen molar-refractivity contribution in [1.29, 1.82) is 0 Å². The summed E-state index contributed by atoms with van der Waals surface area (Å²) in [6, 6.07) is 57.3. The van der Waals surface area contributed by atoms with Crippen LogP contribution in [0.4, 0.5) is 17.6 Å². The predicted molar refractivity (Wildman–Crippen MR) is 355 cm³/mol. The van der Waals surface area contributed by atoms with Crippen molar-refractivity contribution in [2.45, 2.75) is 135 Å². The van der Waals surface area contributed by atoms with Crippen molar-refractivity contribution < 1.29 is 165 Å². The number of carbonyl (C=O) groups excluding carboxylic acids is 8.